The largest absolute Gasteiger partial charge is 0.478 e. The summed E-state index contributed by atoms with van der Waals surface area (Å²) >= 11 is 1.35. The number of H-pyrrole nitrogens is 1. The number of carboxylic acids is 1. The van der Waals surface area contributed by atoms with E-state index in [4.69, 9.17) is 5.11 Å². The van der Waals surface area contributed by atoms with E-state index in [-0.39, 0.29) is 5.56 Å². The van der Waals surface area contributed by atoms with Crippen LogP contribution in [0.1, 0.15) is 15.9 Å². The lowest BCUT2D eigenvalue weighted by molar-refractivity contribution is 0.0696. The van der Waals surface area contributed by atoms with Gasteiger partial charge in [0.2, 0.25) is 0 Å². The number of hydrogen-bond acceptors (Lipinski definition) is 3. The van der Waals surface area contributed by atoms with E-state index < -0.39 is 11.8 Å². The quantitative estimate of drug-likeness (QED) is 0.821. The van der Waals surface area contributed by atoms with Gasteiger partial charge in [0.1, 0.15) is 5.82 Å². The Balaban J connectivity index is 2.09. The number of aromatic nitrogens is 2. The molecule has 0 saturated heterocycles. The molecule has 1 aromatic heterocycles. The molecular weight excluding hydrogens is 243 g/mol. The van der Waals surface area contributed by atoms with Crippen LogP contribution in [0.3, 0.4) is 0 Å². The molecule has 0 fully saturated rings. The van der Waals surface area contributed by atoms with Gasteiger partial charge in [0.05, 0.1) is 5.56 Å². The maximum Gasteiger partial charge on any atom is 0.335 e. The second-order valence-electron chi connectivity index (χ2n) is 3.29. The number of thioether (sulfide) groups is 1. The minimum absolute atomic E-state index is 0.0470. The first-order valence-corrected chi connectivity index (χ1v) is 5.79. The fourth-order valence-electron chi connectivity index (χ4n) is 1.27. The zero-order valence-electron chi connectivity index (χ0n) is 8.68. The van der Waals surface area contributed by atoms with Crippen molar-refractivity contribution in [3.8, 4) is 0 Å². The van der Waals surface area contributed by atoms with Gasteiger partial charge in [-0.25, -0.2) is 14.2 Å². The number of rotatable bonds is 4. The van der Waals surface area contributed by atoms with E-state index in [0.29, 0.717) is 16.5 Å². The van der Waals surface area contributed by atoms with E-state index in [9.17, 15) is 9.18 Å². The number of carboxylic acid groups (broad SMARTS) is 1. The summed E-state index contributed by atoms with van der Waals surface area (Å²) in [6.07, 6.45) is 3.30. The van der Waals surface area contributed by atoms with Crippen LogP contribution in [0.4, 0.5) is 4.39 Å². The Morgan fingerprint density at radius 1 is 1.53 bits per heavy atom. The lowest BCUT2D eigenvalue weighted by Crippen LogP contribution is -1.98. The number of hydrogen-bond donors (Lipinski definition) is 2. The topological polar surface area (TPSA) is 66.0 Å². The van der Waals surface area contributed by atoms with Crippen molar-refractivity contribution in [2.75, 3.05) is 0 Å². The van der Waals surface area contributed by atoms with Crippen molar-refractivity contribution < 1.29 is 14.3 Å². The van der Waals surface area contributed by atoms with Gasteiger partial charge in [-0.15, -0.1) is 0 Å². The van der Waals surface area contributed by atoms with E-state index >= 15 is 0 Å². The maximum absolute atomic E-state index is 13.5. The van der Waals surface area contributed by atoms with Crippen LogP contribution < -0.4 is 0 Å². The molecule has 0 aliphatic rings. The molecule has 0 aliphatic heterocycles. The summed E-state index contributed by atoms with van der Waals surface area (Å²) in [5.41, 5.74) is 0.408. The number of nitrogens with zero attached hydrogens (tertiary/aromatic N) is 1. The molecule has 0 saturated carbocycles. The van der Waals surface area contributed by atoms with Gasteiger partial charge in [0, 0.05) is 18.1 Å². The monoisotopic (exact) mass is 252 g/mol. The average molecular weight is 252 g/mol. The second kappa shape index (κ2) is 5.01. The van der Waals surface area contributed by atoms with Gasteiger partial charge in [-0.05, 0) is 17.7 Å². The smallest absolute Gasteiger partial charge is 0.335 e. The first-order chi connectivity index (χ1) is 8.16. The van der Waals surface area contributed by atoms with Gasteiger partial charge in [-0.1, -0.05) is 17.8 Å². The van der Waals surface area contributed by atoms with E-state index in [0.717, 1.165) is 6.07 Å². The van der Waals surface area contributed by atoms with Gasteiger partial charge in [0.15, 0.2) is 5.16 Å². The molecule has 2 rings (SSSR count). The predicted molar refractivity (Wildman–Crippen MR) is 61.5 cm³/mol. The van der Waals surface area contributed by atoms with Gasteiger partial charge in [0.25, 0.3) is 0 Å². The van der Waals surface area contributed by atoms with Gasteiger partial charge in [-0.2, -0.15) is 0 Å². The minimum atomic E-state index is -1.13. The molecule has 0 atom stereocenters. The zero-order chi connectivity index (χ0) is 12.3. The van der Waals surface area contributed by atoms with Gasteiger partial charge >= 0.3 is 5.97 Å². The zero-order valence-corrected chi connectivity index (χ0v) is 9.50. The Morgan fingerprint density at radius 2 is 2.35 bits per heavy atom. The van der Waals surface area contributed by atoms with Crippen molar-refractivity contribution in [2.45, 2.75) is 10.9 Å². The van der Waals surface area contributed by atoms with Crippen molar-refractivity contribution in [3.05, 3.63) is 47.5 Å². The SMILES string of the molecule is O=C(O)c1ccc(CSc2ncc[nH]2)c(F)c1. The summed E-state index contributed by atoms with van der Waals surface area (Å²) in [6.45, 7) is 0. The normalized spacial score (nSPS) is 10.4. The minimum Gasteiger partial charge on any atom is -0.478 e. The highest BCUT2D eigenvalue weighted by molar-refractivity contribution is 7.98. The molecule has 2 N–H and O–H groups in total. The standard InChI is InChI=1S/C11H9FN2O2S/c12-9-5-7(10(15)16)1-2-8(9)6-17-11-13-3-4-14-11/h1-5H,6H2,(H,13,14)(H,15,16). The number of nitrogens with one attached hydrogen (secondary N) is 1. The molecule has 4 nitrogen and oxygen atoms in total. The lowest BCUT2D eigenvalue weighted by atomic mass is 10.1. The third-order valence-corrected chi connectivity index (χ3v) is 3.09. The van der Waals surface area contributed by atoms with E-state index in [1.54, 1.807) is 12.4 Å². The third-order valence-electron chi connectivity index (χ3n) is 2.14. The molecule has 6 heteroatoms. The Morgan fingerprint density at radius 3 is 2.94 bits per heavy atom. The third kappa shape index (κ3) is 2.85. The Kier molecular flexibility index (Phi) is 3.43. The average Bonchev–Trinajstić information content (AvgIpc) is 2.80. The number of aromatic carboxylic acids is 1. The van der Waals surface area contributed by atoms with Crippen LogP contribution in [0.15, 0.2) is 35.7 Å². The van der Waals surface area contributed by atoms with Crippen LogP contribution in [0.2, 0.25) is 0 Å². The molecule has 17 heavy (non-hydrogen) atoms. The Bertz CT molecular complexity index is 528. The summed E-state index contributed by atoms with van der Waals surface area (Å²) in [5.74, 6) is -1.24. The number of halogens is 1. The molecule has 88 valence electrons. The molecule has 0 radical (unpaired) electrons. The highest BCUT2D eigenvalue weighted by Gasteiger charge is 2.08. The summed E-state index contributed by atoms with van der Waals surface area (Å²) < 4.78 is 13.5. The van der Waals surface area contributed by atoms with Crippen molar-refractivity contribution in [1.82, 2.24) is 9.97 Å². The van der Waals surface area contributed by atoms with E-state index in [1.807, 2.05) is 0 Å². The molecule has 0 unspecified atom stereocenters. The molecule has 0 spiro atoms. The second-order valence-corrected chi connectivity index (χ2v) is 4.26. The number of carbonyl (C=O) groups is 1. The van der Waals surface area contributed by atoms with Crippen molar-refractivity contribution in [2.24, 2.45) is 0 Å². The lowest BCUT2D eigenvalue weighted by Gasteiger charge is -2.02. The summed E-state index contributed by atoms with van der Waals surface area (Å²) in [5, 5.41) is 9.39. The van der Waals surface area contributed by atoms with Crippen LogP contribution in [0.5, 0.6) is 0 Å². The molecule has 0 aliphatic carbocycles. The molecule has 1 heterocycles. The molecule has 0 amide bonds. The number of aromatic amines is 1. The van der Waals surface area contributed by atoms with E-state index in [1.165, 1.54) is 23.9 Å². The Labute approximate surface area is 101 Å². The number of benzene rings is 1. The molecular formula is C11H9FN2O2S. The van der Waals surface area contributed by atoms with Gasteiger partial charge < -0.3 is 10.1 Å². The molecule has 2 aromatic rings. The summed E-state index contributed by atoms with van der Waals surface area (Å²) in [7, 11) is 0. The van der Waals surface area contributed by atoms with Crippen LogP contribution in [-0.2, 0) is 5.75 Å². The number of imidazole rings is 1. The first-order valence-electron chi connectivity index (χ1n) is 4.80. The van der Waals surface area contributed by atoms with Crippen molar-refractivity contribution >= 4 is 17.7 Å². The van der Waals surface area contributed by atoms with Crippen LogP contribution in [0, 0.1) is 5.82 Å². The van der Waals surface area contributed by atoms with Crippen LogP contribution in [0.25, 0.3) is 0 Å². The van der Waals surface area contributed by atoms with Crippen LogP contribution >= 0.6 is 11.8 Å². The maximum atomic E-state index is 13.5. The molecule has 1 aromatic carbocycles. The first kappa shape index (κ1) is 11.7. The van der Waals surface area contributed by atoms with Crippen LogP contribution in [-0.4, -0.2) is 21.0 Å². The molecule has 0 bridgehead atoms. The highest BCUT2D eigenvalue weighted by atomic mass is 32.2. The van der Waals surface area contributed by atoms with E-state index in [2.05, 4.69) is 9.97 Å². The summed E-state index contributed by atoms with van der Waals surface area (Å²) in [6, 6.07) is 3.90. The highest BCUT2D eigenvalue weighted by Crippen LogP contribution is 2.21. The van der Waals surface area contributed by atoms with Crippen molar-refractivity contribution in [3.63, 3.8) is 0 Å². The fraction of sp³-hybridized carbons (Fsp3) is 0.0909. The Hall–Kier alpha value is -1.82. The van der Waals surface area contributed by atoms with Crippen molar-refractivity contribution in [1.29, 1.82) is 0 Å². The van der Waals surface area contributed by atoms with Gasteiger partial charge in [-0.3, -0.25) is 0 Å². The fourth-order valence-corrected chi connectivity index (χ4v) is 2.09. The summed E-state index contributed by atoms with van der Waals surface area (Å²) in [4.78, 5) is 17.5. The predicted octanol–water partition coefficient (Wildman–Crippen LogP) is 2.54.